The Labute approximate surface area is 132 Å². The Morgan fingerprint density at radius 2 is 1.86 bits per heavy atom. The first-order valence-corrected chi connectivity index (χ1v) is 8.04. The van der Waals surface area contributed by atoms with E-state index in [0.717, 1.165) is 11.8 Å². The van der Waals surface area contributed by atoms with Gasteiger partial charge in [-0.1, -0.05) is 6.42 Å². The second kappa shape index (κ2) is 6.44. The second-order valence-corrected chi connectivity index (χ2v) is 7.38. The third-order valence-electron chi connectivity index (χ3n) is 4.67. The number of amides is 2. The highest BCUT2D eigenvalue weighted by molar-refractivity contribution is 5.85. The number of rotatable bonds is 5. The van der Waals surface area contributed by atoms with E-state index in [1.807, 2.05) is 0 Å². The molecule has 4 atom stereocenters. The third-order valence-corrected chi connectivity index (χ3v) is 4.67. The number of ether oxygens (including phenoxy) is 1. The van der Waals surface area contributed by atoms with E-state index in [1.165, 1.54) is 31.4 Å². The summed E-state index contributed by atoms with van der Waals surface area (Å²) in [6.45, 7) is 5.40. The molecule has 0 spiro atoms. The molecule has 2 aliphatic carbocycles. The highest BCUT2D eigenvalue weighted by atomic mass is 16.7. The third kappa shape index (κ3) is 4.12. The fourth-order valence-corrected chi connectivity index (χ4v) is 3.57. The molecule has 0 aromatic carbocycles. The SMILES string of the molecule is CON(C)C(=O)[C@H](C[C@H]1C2CCC[C@@H]21)NC(=O)OC(C)(C)C. The average molecular weight is 312 g/mol. The topological polar surface area (TPSA) is 67.9 Å². The second-order valence-electron chi connectivity index (χ2n) is 7.38. The van der Waals surface area contributed by atoms with Crippen LogP contribution in [0, 0.1) is 17.8 Å². The van der Waals surface area contributed by atoms with E-state index >= 15 is 0 Å². The molecule has 6 heteroatoms. The molecule has 6 nitrogen and oxygen atoms in total. The van der Waals surface area contributed by atoms with Crippen LogP contribution in [0.4, 0.5) is 4.79 Å². The van der Waals surface area contributed by atoms with Crippen LogP contribution >= 0.6 is 0 Å². The number of carbonyl (C=O) groups excluding carboxylic acids is 2. The van der Waals surface area contributed by atoms with Gasteiger partial charge >= 0.3 is 6.09 Å². The number of hydrogen-bond acceptors (Lipinski definition) is 4. The molecule has 22 heavy (non-hydrogen) atoms. The molecule has 2 amide bonds. The minimum absolute atomic E-state index is 0.238. The normalized spacial score (nSPS) is 27.8. The van der Waals surface area contributed by atoms with E-state index in [2.05, 4.69) is 5.32 Å². The van der Waals surface area contributed by atoms with E-state index in [4.69, 9.17) is 9.57 Å². The monoisotopic (exact) mass is 312 g/mol. The van der Waals surface area contributed by atoms with Crippen molar-refractivity contribution in [2.24, 2.45) is 17.8 Å². The summed E-state index contributed by atoms with van der Waals surface area (Å²) in [5.41, 5.74) is -0.582. The van der Waals surface area contributed by atoms with Gasteiger partial charge in [-0.25, -0.2) is 9.86 Å². The maximum absolute atomic E-state index is 12.4. The summed E-state index contributed by atoms with van der Waals surface area (Å²) >= 11 is 0. The van der Waals surface area contributed by atoms with Gasteiger partial charge in [-0.3, -0.25) is 9.63 Å². The minimum atomic E-state index is -0.588. The summed E-state index contributed by atoms with van der Waals surface area (Å²) < 4.78 is 5.27. The van der Waals surface area contributed by atoms with Crippen LogP contribution in [-0.4, -0.2) is 42.9 Å². The summed E-state index contributed by atoms with van der Waals surface area (Å²) in [7, 11) is 2.99. The van der Waals surface area contributed by atoms with Crippen molar-refractivity contribution in [2.45, 2.75) is 58.1 Å². The van der Waals surface area contributed by atoms with Crippen molar-refractivity contribution in [3.8, 4) is 0 Å². The lowest BCUT2D eigenvalue weighted by molar-refractivity contribution is -0.171. The Kier molecular flexibility index (Phi) is 5.00. The Bertz CT molecular complexity index is 422. The zero-order chi connectivity index (χ0) is 16.5. The van der Waals surface area contributed by atoms with Crippen molar-refractivity contribution in [3.63, 3.8) is 0 Å². The molecule has 1 N–H and O–H groups in total. The minimum Gasteiger partial charge on any atom is -0.444 e. The van der Waals surface area contributed by atoms with Crippen molar-refractivity contribution in [1.82, 2.24) is 10.4 Å². The van der Waals surface area contributed by atoms with Crippen LogP contribution in [0.5, 0.6) is 0 Å². The molecule has 0 aromatic rings. The number of hydroxylamine groups is 2. The van der Waals surface area contributed by atoms with E-state index in [1.54, 1.807) is 27.8 Å². The number of hydrogen-bond donors (Lipinski definition) is 1. The molecule has 1 unspecified atom stereocenters. The van der Waals surface area contributed by atoms with E-state index in [0.29, 0.717) is 12.3 Å². The first-order chi connectivity index (χ1) is 10.2. The van der Waals surface area contributed by atoms with Crippen LogP contribution in [0.2, 0.25) is 0 Å². The summed E-state index contributed by atoms with van der Waals surface area (Å²) in [6, 6.07) is -0.588. The summed E-state index contributed by atoms with van der Waals surface area (Å²) in [4.78, 5) is 29.3. The fraction of sp³-hybridized carbons (Fsp3) is 0.875. The highest BCUT2D eigenvalue weighted by Gasteiger charge is 2.53. The van der Waals surface area contributed by atoms with Gasteiger partial charge < -0.3 is 10.1 Å². The van der Waals surface area contributed by atoms with Gasteiger partial charge in [0.2, 0.25) is 0 Å². The largest absolute Gasteiger partial charge is 0.444 e. The molecule has 126 valence electrons. The number of fused-ring (bicyclic) bond motifs is 1. The van der Waals surface area contributed by atoms with Crippen molar-refractivity contribution in [1.29, 1.82) is 0 Å². The molecule has 0 aliphatic heterocycles. The van der Waals surface area contributed by atoms with Gasteiger partial charge in [0.05, 0.1) is 7.11 Å². The van der Waals surface area contributed by atoms with Crippen molar-refractivity contribution in [3.05, 3.63) is 0 Å². The highest BCUT2D eigenvalue weighted by Crippen LogP contribution is 2.59. The van der Waals surface area contributed by atoms with E-state index < -0.39 is 17.7 Å². The number of nitrogens with zero attached hydrogens (tertiary/aromatic N) is 1. The zero-order valence-corrected chi connectivity index (χ0v) is 14.2. The average Bonchev–Trinajstić information content (AvgIpc) is 2.85. The Balaban J connectivity index is 1.95. The summed E-state index contributed by atoms with van der Waals surface area (Å²) in [6.07, 6.45) is 3.91. The molecule has 0 aromatic heterocycles. The standard InChI is InChI=1S/C16H28N2O4/c1-16(2,3)22-15(20)17-13(14(19)18(4)21-5)9-12-10-7-6-8-11(10)12/h10-13H,6-9H2,1-5H3,(H,17,20)/t10-,11?,12+,13-/m0/s1. The van der Waals surface area contributed by atoms with E-state index in [-0.39, 0.29) is 5.91 Å². The lowest BCUT2D eigenvalue weighted by atomic mass is 10.0. The van der Waals surface area contributed by atoms with Gasteiger partial charge in [-0.05, 0) is 57.8 Å². The van der Waals surface area contributed by atoms with E-state index in [9.17, 15) is 9.59 Å². The van der Waals surface area contributed by atoms with Crippen molar-refractivity contribution >= 4 is 12.0 Å². The van der Waals surface area contributed by atoms with Gasteiger partial charge in [-0.2, -0.15) is 0 Å². The van der Waals surface area contributed by atoms with Crippen molar-refractivity contribution < 1.29 is 19.2 Å². The molecule has 0 heterocycles. The maximum Gasteiger partial charge on any atom is 0.408 e. The van der Waals surface area contributed by atoms with Crippen LogP contribution < -0.4 is 5.32 Å². The lowest BCUT2D eigenvalue weighted by Gasteiger charge is -2.25. The Morgan fingerprint density at radius 1 is 1.27 bits per heavy atom. The summed E-state index contributed by atoms with van der Waals surface area (Å²) in [5, 5.41) is 3.88. The van der Waals surface area contributed by atoms with Gasteiger partial charge in [0.15, 0.2) is 0 Å². The number of likely N-dealkylation sites (N-methyl/N-ethyl adjacent to an activating group) is 1. The van der Waals surface area contributed by atoms with Crippen LogP contribution in [0.1, 0.15) is 46.5 Å². The molecular weight excluding hydrogens is 284 g/mol. The van der Waals surface area contributed by atoms with Gasteiger partial charge in [0.25, 0.3) is 5.91 Å². The van der Waals surface area contributed by atoms with Crippen LogP contribution in [0.3, 0.4) is 0 Å². The van der Waals surface area contributed by atoms with Crippen molar-refractivity contribution in [2.75, 3.05) is 14.2 Å². The predicted octanol–water partition coefficient (Wildman–Crippen LogP) is 2.34. The van der Waals surface area contributed by atoms with Gasteiger partial charge in [0, 0.05) is 7.05 Å². The van der Waals surface area contributed by atoms with Crippen LogP contribution in [-0.2, 0) is 14.4 Å². The lowest BCUT2D eigenvalue weighted by Crippen LogP contribution is -2.48. The van der Waals surface area contributed by atoms with Gasteiger partial charge in [-0.15, -0.1) is 0 Å². The molecule has 2 aliphatic rings. The first kappa shape index (κ1) is 17.1. The molecule has 0 saturated heterocycles. The molecule has 2 fully saturated rings. The Morgan fingerprint density at radius 3 is 2.36 bits per heavy atom. The zero-order valence-electron chi connectivity index (χ0n) is 14.2. The Hall–Kier alpha value is -1.30. The maximum atomic E-state index is 12.4. The number of alkyl carbamates (subject to hydrolysis) is 1. The summed E-state index contributed by atoms with van der Waals surface area (Å²) in [5.74, 6) is 1.79. The molecule has 0 radical (unpaired) electrons. The van der Waals surface area contributed by atoms with Crippen LogP contribution in [0.15, 0.2) is 0 Å². The number of nitrogens with one attached hydrogen (secondary N) is 1. The molecular formula is C16H28N2O4. The molecule has 2 rings (SSSR count). The molecule has 2 saturated carbocycles. The quantitative estimate of drug-likeness (QED) is 0.791. The number of carbonyl (C=O) groups is 2. The first-order valence-electron chi connectivity index (χ1n) is 8.04. The smallest absolute Gasteiger partial charge is 0.408 e. The fourth-order valence-electron chi connectivity index (χ4n) is 3.57. The van der Waals surface area contributed by atoms with Crippen LogP contribution in [0.25, 0.3) is 0 Å². The van der Waals surface area contributed by atoms with Gasteiger partial charge in [0.1, 0.15) is 11.6 Å². The molecule has 0 bridgehead atoms. The predicted molar refractivity (Wildman–Crippen MR) is 81.9 cm³/mol.